The number of nitrogens with two attached hydrogens (primary N) is 1. The quantitative estimate of drug-likeness (QED) is 0.594. The van der Waals surface area contributed by atoms with Crippen molar-refractivity contribution < 1.29 is 4.42 Å². The second-order valence-corrected chi connectivity index (χ2v) is 6.66. The Bertz CT molecular complexity index is 1040. The first-order valence-corrected chi connectivity index (χ1v) is 8.78. The molecule has 130 valence electrons. The lowest BCUT2D eigenvalue weighted by Gasteiger charge is -2.08. The molecule has 6 heteroatoms. The molecule has 0 aliphatic carbocycles. The van der Waals surface area contributed by atoms with Crippen molar-refractivity contribution in [2.24, 2.45) is 0 Å². The van der Waals surface area contributed by atoms with Crippen molar-refractivity contribution in [3.63, 3.8) is 0 Å². The maximum absolute atomic E-state index is 6.13. The van der Waals surface area contributed by atoms with Gasteiger partial charge in [-0.15, -0.1) is 0 Å². The van der Waals surface area contributed by atoms with Crippen LogP contribution in [0, 0.1) is 0 Å². The first-order valence-electron chi connectivity index (χ1n) is 8.78. The Morgan fingerprint density at radius 2 is 2.08 bits per heavy atom. The Kier molecular flexibility index (Phi) is 3.50. The van der Waals surface area contributed by atoms with Gasteiger partial charge in [-0.2, -0.15) is 5.10 Å². The largest absolute Gasteiger partial charge is 0.456 e. The molecule has 5 rings (SSSR count). The Hall–Kier alpha value is -3.12. The molecule has 1 atom stereocenters. The van der Waals surface area contributed by atoms with Crippen molar-refractivity contribution in [3.05, 3.63) is 55.0 Å². The fourth-order valence-electron chi connectivity index (χ4n) is 3.50. The molecule has 0 spiro atoms. The summed E-state index contributed by atoms with van der Waals surface area (Å²) in [4.78, 5) is 4.38. The molecule has 1 aromatic carbocycles. The molecule has 3 aromatic heterocycles. The lowest BCUT2D eigenvalue weighted by Crippen LogP contribution is -2.13. The van der Waals surface area contributed by atoms with E-state index in [1.807, 2.05) is 47.3 Å². The first kappa shape index (κ1) is 15.2. The summed E-state index contributed by atoms with van der Waals surface area (Å²) < 4.78 is 8.00. The van der Waals surface area contributed by atoms with Crippen LogP contribution in [0.4, 0.5) is 5.82 Å². The lowest BCUT2D eigenvalue weighted by molar-refractivity contribution is 0.491. The number of hydrogen-bond donors (Lipinski definition) is 2. The predicted molar refractivity (Wildman–Crippen MR) is 102 cm³/mol. The standard InChI is InChI=1S/C20H19N5O/c21-20-17(19-8-13-3-1-2-4-18(13)26-19)7-14(9-23-20)15-10-24-25(12-15)16-5-6-22-11-16/h1-4,7-10,12,16,22H,5-6,11H2,(H2,21,23). The van der Waals surface area contributed by atoms with Gasteiger partial charge in [0.1, 0.15) is 17.2 Å². The van der Waals surface area contributed by atoms with Gasteiger partial charge in [-0.05, 0) is 31.2 Å². The molecule has 1 fully saturated rings. The van der Waals surface area contributed by atoms with E-state index in [1.165, 1.54) is 0 Å². The molecular weight excluding hydrogens is 326 g/mol. The number of rotatable bonds is 3. The van der Waals surface area contributed by atoms with Crippen LogP contribution >= 0.6 is 0 Å². The Morgan fingerprint density at radius 3 is 2.92 bits per heavy atom. The molecule has 26 heavy (non-hydrogen) atoms. The van der Waals surface area contributed by atoms with E-state index in [4.69, 9.17) is 10.2 Å². The fourth-order valence-corrected chi connectivity index (χ4v) is 3.50. The summed E-state index contributed by atoms with van der Waals surface area (Å²) in [5, 5.41) is 8.95. The van der Waals surface area contributed by atoms with Gasteiger partial charge >= 0.3 is 0 Å². The summed E-state index contributed by atoms with van der Waals surface area (Å²) in [7, 11) is 0. The second-order valence-electron chi connectivity index (χ2n) is 6.66. The van der Waals surface area contributed by atoms with Crippen LogP contribution in [0.25, 0.3) is 33.4 Å². The van der Waals surface area contributed by atoms with Gasteiger partial charge in [0.15, 0.2) is 0 Å². The predicted octanol–water partition coefficient (Wildman–Crippen LogP) is 3.47. The third-order valence-electron chi connectivity index (χ3n) is 4.95. The Labute approximate surface area is 150 Å². The number of aromatic nitrogens is 3. The average molecular weight is 345 g/mol. The molecule has 1 aliphatic rings. The SMILES string of the molecule is Nc1ncc(-c2cnn(C3CCNC3)c2)cc1-c1cc2ccccc2o1. The first-order chi connectivity index (χ1) is 12.8. The zero-order valence-electron chi connectivity index (χ0n) is 14.2. The summed E-state index contributed by atoms with van der Waals surface area (Å²) in [5.41, 5.74) is 9.78. The molecule has 0 radical (unpaired) electrons. The fraction of sp³-hybridized carbons (Fsp3) is 0.200. The Balaban J connectivity index is 1.54. The molecule has 0 saturated carbocycles. The number of furan rings is 1. The van der Waals surface area contributed by atoms with Gasteiger partial charge in [-0.25, -0.2) is 4.98 Å². The molecule has 6 nitrogen and oxygen atoms in total. The molecule has 0 bridgehead atoms. The molecule has 1 unspecified atom stereocenters. The summed E-state index contributed by atoms with van der Waals surface area (Å²) >= 11 is 0. The molecule has 4 heterocycles. The number of nitrogens with one attached hydrogen (secondary N) is 1. The number of anilines is 1. The molecule has 0 amide bonds. The minimum Gasteiger partial charge on any atom is -0.456 e. The van der Waals surface area contributed by atoms with Crippen molar-refractivity contribution in [1.29, 1.82) is 0 Å². The third kappa shape index (κ3) is 2.55. The van der Waals surface area contributed by atoms with E-state index in [-0.39, 0.29) is 0 Å². The number of fused-ring (bicyclic) bond motifs is 1. The summed E-state index contributed by atoms with van der Waals surface area (Å²) in [6.45, 7) is 2.00. The monoisotopic (exact) mass is 345 g/mol. The highest BCUT2D eigenvalue weighted by Crippen LogP contribution is 2.33. The van der Waals surface area contributed by atoms with Crippen molar-refractivity contribution in [1.82, 2.24) is 20.1 Å². The number of hydrogen-bond acceptors (Lipinski definition) is 5. The van der Waals surface area contributed by atoms with Gasteiger partial charge in [0, 0.05) is 35.5 Å². The van der Waals surface area contributed by atoms with Gasteiger partial charge < -0.3 is 15.5 Å². The molecule has 4 aromatic rings. The number of para-hydroxylation sites is 1. The van der Waals surface area contributed by atoms with Crippen LogP contribution in [0.15, 0.2) is 59.4 Å². The summed E-state index contributed by atoms with van der Waals surface area (Å²) in [6, 6.07) is 12.4. The second kappa shape index (κ2) is 6.00. The Morgan fingerprint density at radius 1 is 1.15 bits per heavy atom. The van der Waals surface area contributed by atoms with E-state index in [0.717, 1.165) is 52.9 Å². The minimum absolute atomic E-state index is 0.417. The summed E-state index contributed by atoms with van der Waals surface area (Å²) in [5.74, 6) is 1.19. The normalized spacial score (nSPS) is 17.2. The van der Waals surface area contributed by atoms with Gasteiger partial charge in [-0.1, -0.05) is 18.2 Å². The molecule has 1 saturated heterocycles. The van der Waals surface area contributed by atoms with Gasteiger partial charge in [0.2, 0.25) is 0 Å². The van der Waals surface area contributed by atoms with Crippen LogP contribution in [0.2, 0.25) is 0 Å². The van der Waals surface area contributed by atoms with Crippen LogP contribution in [-0.4, -0.2) is 27.9 Å². The zero-order valence-corrected chi connectivity index (χ0v) is 14.2. The van der Waals surface area contributed by atoms with E-state index in [2.05, 4.69) is 21.6 Å². The molecule has 3 N–H and O–H groups in total. The van der Waals surface area contributed by atoms with Crippen LogP contribution in [0.1, 0.15) is 12.5 Å². The van der Waals surface area contributed by atoms with Crippen LogP contribution in [0.5, 0.6) is 0 Å². The smallest absolute Gasteiger partial charge is 0.139 e. The van der Waals surface area contributed by atoms with Crippen molar-refractivity contribution in [2.45, 2.75) is 12.5 Å². The van der Waals surface area contributed by atoms with Gasteiger partial charge in [0.25, 0.3) is 0 Å². The van der Waals surface area contributed by atoms with Crippen LogP contribution < -0.4 is 11.1 Å². The lowest BCUT2D eigenvalue weighted by atomic mass is 10.1. The highest BCUT2D eigenvalue weighted by Gasteiger charge is 2.18. The van der Waals surface area contributed by atoms with Crippen molar-refractivity contribution in [2.75, 3.05) is 18.8 Å². The highest BCUT2D eigenvalue weighted by molar-refractivity contribution is 5.86. The molecular formula is C20H19N5O. The van der Waals surface area contributed by atoms with Crippen LogP contribution in [-0.2, 0) is 0 Å². The van der Waals surface area contributed by atoms with E-state index >= 15 is 0 Å². The maximum atomic E-state index is 6.13. The topological polar surface area (TPSA) is 81.9 Å². The van der Waals surface area contributed by atoms with Crippen molar-refractivity contribution in [3.8, 4) is 22.5 Å². The minimum atomic E-state index is 0.417. The number of nitrogens with zero attached hydrogens (tertiary/aromatic N) is 3. The van der Waals surface area contributed by atoms with E-state index < -0.39 is 0 Å². The number of nitrogen functional groups attached to an aromatic ring is 1. The van der Waals surface area contributed by atoms with Gasteiger partial charge in [0.05, 0.1) is 17.8 Å². The average Bonchev–Trinajstić information content (AvgIpc) is 3.40. The highest BCUT2D eigenvalue weighted by atomic mass is 16.3. The zero-order chi connectivity index (χ0) is 17.5. The van der Waals surface area contributed by atoms with Crippen molar-refractivity contribution >= 4 is 16.8 Å². The van der Waals surface area contributed by atoms with E-state index in [1.54, 1.807) is 6.20 Å². The maximum Gasteiger partial charge on any atom is 0.139 e. The van der Waals surface area contributed by atoms with Crippen LogP contribution in [0.3, 0.4) is 0 Å². The van der Waals surface area contributed by atoms with E-state index in [0.29, 0.717) is 11.9 Å². The number of benzene rings is 1. The van der Waals surface area contributed by atoms with E-state index in [9.17, 15) is 0 Å². The third-order valence-corrected chi connectivity index (χ3v) is 4.95. The summed E-state index contributed by atoms with van der Waals surface area (Å²) in [6.07, 6.45) is 6.85. The van der Waals surface area contributed by atoms with Gasteiger partial charge in [-0.3, -0.25) is 4.68 Å². The molecule has 1 aliphatic heterocycles. The number of pyridine rings is 1.